The number of hydrogen-bond donors (Lipinski definition) is 2. The number of nitrogens with one attached hydrogen (secondary N) is 1. The van der Waals surface area contributed by atoms with E-state index in [1.807, 2.05) is 6.07 Å². The van der Waals surface area contributed by atoms with Gasteiger partial charge < -0.3 is 10.0 Å². The first-order chi connectivity index (χ1) is 12.2. The van der Waals surface area contributed by atoms with E-state index >= 15 is 0 Å². The zero-order chi connectivity index (χ0) is 17.0. The summed E-state index contributed by atoms with van der Waals surface area (Å²) < 4.78 is 0. The van der Waals surface area contributed by atoms with Crippen LogP contribution in [-0.2, 0) is 0 Å². The highest BCUT2D eigenvalue weighted by molar-refractivity contribution is 5.87. The Balaban J connectivity index is 1.38. The lowest BCUT2D eigenvalue weighted by atomic mass is 9.91. The molecule has 0 spiro atoms. The Bertz CT molecular complexity index is 794. The van der Waals surface area contributed by atoms with E-state index in [1.165, 1.54) is 31.9 Å². The van der Waals surface area contributed by atoms with E-state index in [9.17, 15) is 4.79 Å². The van der Waals surface area contributed by atoms with Crippen molar-refractivity contribution in [1.82, 2.24) is 20.2 Å². The molecule has 3 aliphatic rings. The average Bonchev–Trinajstić information content (AvgIpc) is 3.56. The van der Waals surface area contributed by atoms with Crippen LogP contribution >= 0.6 is 0 Å². The molecule has 130 valence electrons. The summed E-state index contributed by atoms with van der Waals surface area (Å²) >= 11 is 0. The first-order valence-corrected chi connectivity index (χ1v) is 9.05. The Morgan fingerprint density at radius 3 is 2.68 bits per heavy atom. The standard InChI is InChI=1S/C18H21N5O2/c24-18(25)12-5-6-15(19-7-12)23-8-13(10-1-2-10)14(9-23)17-20-16(21-22-17)11-3-4-11/h5-7,10-11,13-14H,1-4,8-9H2,(H,24,25)(H,20,21,22)/t13-,14+/m1/s1. The lowest BCUT2D eigenvalue weighted by Gasteiger charge is -2.17. The highest BCUT2D eigenvalue weighted by Gasteiger charge is 2.45. The number of carboxylic acid groups (broad SMARTS) is 1. The molecule has 1 saturated heterocycles. The molecule has 0 amide bonds. The number of anilines is 1. The molecule has 2 aromatic rings. The Hall–Kier alpha value is -2.44. The molecule has 0 aromatic carbocycles. The number of carboxylic acids is 1. The van der Waals surface area contributed by atoms with E-state index in [2.05, 4.69) is 20.1 Å². The highest BCUT2D eigenvalue weighted by Crippen LogP contribution is 2.48. The number of aromatic amines is 1. The van der Waals surface area contributed by atoms with Crippen molar-refractivity contribution in [3.63, 3.8) is 0 Å². The average molecular weight is 339 g/mol. The van der Waals surface area contributed by atoms with Crippen molar-refractivity contribution in [3.8, 4) is 0 Å². The van der Waals surface area contributed by atoms with Crippen LogP contribution in [0.25, 0.3) is 0 Å². The maximum absolute atomic E-state index is 11.0. The van der Waals surface area contributed by atoms with Crippen molar-refractivity contribution in [3.05, 3.63) is 35.5 Å². The number of pyridine rings is 1. The number of aromatic carboxylic acids is 1. The van der Waals surface area contributed by atoms with Gasteiger partial charge >= 0.3 is 5.97 Å². The van der Waals surface area contributed by atoms with E-state index < -0.39 is 5.97 Å². The minimum absolute atomic E-state index is 0.225. The van der Waals surface area contributed by atoms with Gasteiger partial charge in [-0.25, -0.2) is 14.8 Å². The summed E-state index contributed by atoms with van der Waals surface area (Å²) in [6.45, 7) is 1.81. The van der Waals surface area contributed by atoms with Gasteiger partial charge in [0, 0.05) is 31.1 Å². The number of rotatable bonds is 5. The van der Waals surface area contributed by atoms with Crippen LogP contribution in [0.1, 0.15) is 59.5 Å². The fourth-order valence-electron chi connectivity index (χ4n) is 3.98. The minimum atomic E-state index is -0.941. The summed E-state index contributed by atoms with van der Waals surface area (Å²) in [5.41, 5.74) is 0.225. The second kappa shape index (κ2) is 5.54. The predicted octanol–water partition coefficient (Wildman–Crippen LogP) is 2.41. The second-order valence-corrected chi connectivity index (χ2v) is 7.58. The second-order valence-electron chi connectivity index (χ2n) is 7.58. The summed E-state index contributed by atoms with van der Waals surface area (Å²) in [5.74, 6) is 4.16. The summed E-state index contributed by atoms with van der Waals surface area (Å²) in [6, 6.07) is 3.44. The maximum atomic E-state index is 11.0. The van der Waals surface area contributed by atoms with Crippen molar-refractivity contribution < 1.29 is 9.90 Å². The van der Waals surface area contributed by atoms with Gasteiger partial charge in [-0.2, -0.15) is 5.10 Å². The fraction of sp³-hybridized carbons (Fsp3) is 0.556. The van der Waals surface area contributed by atoms with Crippen LogP contribution in [0.2, 0.25) is 0 Å². The van der Waals surface area contributed by atoms with Crippen molar-refractivity contribution in [1.29, 1.82) is 0 Å². The molecule has 2 N–H and O–H groups in total. The molecule has 2 aliphatic carbocycles. The van der Waals surface area contributed by atoms with E-state index in [4.69, 9.17) is 10.1 Å². The normalized spacial score (nSPS) is 26.2. The Morgan fingerprint density at radius 2 is 2.04 bits per heavy atom. The molecule has 2 atom stereocenters. The molecule has 7 nitrogen and oxygen atoms in total. The molecule has 3 heterocycles. The Morgan fingerprint density at radius 1 is 1.20 bits per heavy atom. The summed E-state index contributed by atoms with van der Waals surface area (Å²) in [5, 5.41) is 16.7. The molecule has 2 aromatic heterocycles. The van der Waals surface area contributed by atoms with Gasteiger partial charge in [0.05, 0.1) is 5.56 Å². The molecule has 0 bridgehead atoms. The first-order valence-electron chi connectivity index (χ1n) is 9.05. The van der Waals surface area contributed by atoms with Crippen LogP contribution in [0, 0.1) is 11.8 Å². The molecular formula is C18H21N5O2. The summed E-state index contributed by atoms with van der Waals surface area (Å²) in [6.07, 6.45) is 6.45. The first kappa shape index (κ1) is 14.9. The summed E-state index contributed by atoms with van der Waals surface area (Å²) in [7, 11) is 0. The van der Waals surface area contributed by atoms with Crippen LogP contribution in [0.5, 0.6) is 0 Å². The van der Waals surface area contributed by atoms with Crippen molar-refractivity contribution in [2.75, 3.05) is 18.0 Å². The lowest BCUT2D eigenvalue weighted by Crippen LogP contribution is -2.21. The molecule has 3 fully saturated rings. The quantitative estimate of drug-likeness (QED) is 0.868. The minimum Gasteiger partial charge on any atom is -0.478 e. The lowest BCUT2D eigenvalue weighted by molar-refractivity contribution is 0.0696. The predicted molar refractivity (Wildman–Crippen MR) is 90.7 cm³/mol. The number of hydrogen-bond acceptors (Lipinski definition) is 5. The molecular weight excluding hydrogens is 318 g/mol. The Kier molecular flexibility index (Phi) is 3.29. The van der Waals surface area contributed by atoms with E-state index in [0.717, 1.165) is 36.5 Å². The van der Waals surface area contributed by atoms with Gasteiger partial charge in [-0.3, -0.25) is 5.10 Å². The number of carbonyl (C=O) groups is 1. The van der Waals surface area contributed by atoms with Crippen LogP contribution < -0.4 is 4.90 Å². The third-order valence-electron chi connectivity index (χ3n) is 5.73. The van der Waals surface area contributed by atoms with Crippen LogP contribution in [0.3, 0.4) is 0 Å². The maximum Gasteiger partial charge on any atom is 0.337 e. The molecule has 0 unspecified atom stereocenters. The van der Waals surface area contributed by atoms with E-state index in [-0.39, 0.29) is 5.56 Å². The van der Waals surface area contributed by atoms with Gasteiger partial charge in [0.1, 0.15) is 11.6 Å². The van der Waals surface area contributed by atoms with Gasteiger partial charge in [0.15, 0.2) is 5.82 Å². The van der Waals surface area contributed by atoms with E-state index in [1.54, 1.807) is 6.07 Å². The highest BCUT2D eigenvalue weighted by atomic mass is 16.4. The van der Waals surface area contributed by atoms with Gasteiger partial charge in [0.25, 0.3) is 0 Å². The van der Waals surface area contributed by atoms with Crippen LogP contribution in [0.15, 0.2) is 18.3 Å². The smallest absolute Gasteiger partial charge is 0.337 e. The van der Waals surface area contributed by atoms with E-state index in [0.29, 0.717) is 17.8 Å². The van der Waals surface area contributed by atoms with Crippen molar-refractivity contribution in [2.24, 2.45) is 11.8 Å². The van der Waals surface area contributed by atoms with Gasteiger partial charge in [-0.15, -0.1) is 0 Å². The van der Waals surface area contributed by atoms with Crippen LogP contribution in [0.4, 0.5) is 5.82 Å². The third-order valence-corrected chi connectivity index (χ3v) is 5.73. The zero-order valence-electron chi connectivity index (χ0n) is 13.9. The largest absolute Gasteiger partial charge is 0.478 e. The Labute approximate surface area is 145 Å². The fourth-order valence-corrected chi connectivity index (χ4v) is 3.98. The molecule has 1 aliphatic heterocycles. The van der Waals surface area contributed by atoms with Crippen LogP contribution in [-0.4, -0.2) is 44.3 Å². The summed E-state index contributed by atoms with van der Waals surface area (Å²) in [4.78, 5) is 22.4. The number of nitrogens with zero attached hydrogens (tertiary/aromatic N) is 4. The SMILES string of the molecule is O=C(O)c1ccc(N2C[C@H](c3nc(C4CC4)n[nH]3)[C@@H](C3CC3)C2)nc1. The molecule has 25 heavy (non-hydrogen) atoms. The van der Waals surface area contributed by atoms with Crippen molar-refractivity contribution >= 4 is 11.8 Å². The molecule has 7 heteroatoms. The van der Waals surface area contributed by atoms with Gasteiger partial charge in [-0.05, 0) is 49.7 Å². The molecule has 0 radical (unpaired) electrons. The number of aromatic nitrogens is 4. The van der Waals surface area contributed by atoms with Gasteiger partial charge in [0.2, 0.25) is 0 Å². The molecule has 5 rings (SSSR count). The third kappa shape index (κ3) is 2.77. The zero-order valence-corrected chi connectivity index (χ0v) is 13.9. The molecule has 2 saturated carbocycles. The van der Waals surface area contributed by atoms with Crippen molar-refractivity contribution in [2.45, 2.75) is 37.5 Å². The topological polar surface area (TPSA) is 95.0 Å². The van der Waals surface area contributed by atoms with Gasteiger partial charge in [-0.1, -0.05) is 0 Å². The number of H-pyrrole nitrogens is 1. The monoisotopic (exact) mass is 339 g/mol.